The quantitative estimate of drug-likeness (QED) is 0.542. The van der Waals surface area contributed by atoms with Gasteiger partial charge in [-0.2, -0.15) is 0 Å². The number of anilines is 1. The number of halogens is 1. The maximum absolute atomic E-state index is 14.0. The van der Waals surface area contributed by atoms with E-state index in [1.807, 2.05) is 13.8 Å². The number of aliphatic hydroxyl groups is 1. The molecule has 3 aliphatic rings. The van der Waals surface area contributed by atoms with Crippen LogP contribution in [0.25, 0.3) is 0 Å². The molecule has 0 saturated carbocycles. The van der Waals surface area contributed by atoms with Gasteiger partial charge in [-0.15, -0.1) is 11.8 Å². The van der Waals surface area contributed by atoms with Crippen LogP contribution in [0.1, 0.15) is 33.6 Å². The van der Waals surface area contributed by atoms with E-state index < -0.39 is 28.7 Å². The minimum Gasteiger partial charge on any atom is -0.394 e. The third-order valence-electron chi connectivity index (χ3n) is 7.46. The molecule has 2 bridgehead atoms. The molecule has 0 radical (unpaired) electrons. The molecule has 0 aromatic heterocycles. The summed E-state index contributed by atoms with van der Waals surface area (Å²) in [6.07, 6.45) is 1.33. The van der Waals surface area contributed by atoms with Crippen LogP contribution in [0.5, 0.6) is 0 Å². The fraction of sp³-hybridized carbons (Fsp3) is 0.625. The molecule has 1 aromatic rings. The van der Waals surface area contributed by atoms with Gasteiger partial charge < -0.3 is 20.6 Å². The molecule has 7 nitrogen and oxygen atoms in total. The number of rotatable bonds is 7. The van der Waals surface area contributed by atoms with Crippen molar-refractivity contribution in [1.29, 1.82) is 0 Å². The van der Waals surface area contributed by atoms with Gasteiger partial charge in [0.05, 0.1) is 39.9 Å². The van der Waals surface area contributed by atoms with Gasteiger partial charge in [0.25, 0.3) is 0 Å². The van der Waals surface area contributed by atoms with Gasteiger partial charge in [-0.1, -0.05) is 44.5 Å². The molecule has 3 heterocycles. The van der Waals surface area contributed by atoms with Gasteiger partial charge in [-0.25, -0.2) is 0 Å². The Hall–Kier alpha value is -1.77. The molecule has 7 atom stereocenters. The van der Waals surface area contributed by atoms with Crippen LogP contribution in [0, 0.1) is 23.7 Å². The summed E-state index contributed by atoms with van der Waals surface area (Å²) >= 11 is 7.92. The van der Waals surface area contributed by atoms with Crippen LogP contribution in [-0.4, -0.2) is 63.5 Å². The Bertz CT molecular complexity index is 959. The molecule has 4 rings (SSSR count). The molecule has 3 fully saturated rings. The van der Waals surface area contributed by atoms with Gasteiger partial charge >= 0.3 is 0 Å². The molecule has 0 aliphatic carbocycles. The molecular formula is C24H32ClN3O4S. The summed E-state index contributed by atoms with van der Waals surface area (Å²) in [5.74, 6) is -1.48. The van der Waals surface area contributed by atoms with E-state index in [1.54, 1.807) is 48.0 Å². The molecule has 180 valence electrons. The Balaban J connectivity index is 1.80. The lowest BCUT2D eigenvalue weighted by Gasteiger charge is -2.40. The monoisotopic (exact) mass is 493 g/mol. The van der Waals surface area contributed by atoms with Crippen LogP contribution in [0.3, 0.4) is 0 Å². The fourth-order valence-corrected chi connectivity index (χ4v) is 8.79. The summed E-state index contributed by atoms with van der Waals surface area (Å²) in [6.45, 7) is 5.88. The van der Waals surface area contributed by atoms with Crippen LogP contribution < -0.4 is 10.6 Å². The van der Waals surface area contributed by atoms with E-state index in [0.717, 1.165) is 6.42 Å². The zero-order valence-corrected chi connectivity index (χ0v) is 20.9. The average Bonchev–Trinajstić information content (AvgIpc) is 3.36. The first kappa shape index (κ1) is 24.4. The molecule has 1 spiro atoms. The lowest BCUT2D eigenvalue weighted by molar-refractivity contribution is -0.142. The highest BCUT2D eigenvalue weighted by Gasteiger charge is 2.76. The molecule has 3 saturated heterocycles. The molecule has 3 amide bonds. The number of aliphatic hydroxyl groups excluding tert-OH is 1. The van der Waals surface area contributed by atoms with Crippen molar-refractivity contribution < 1.29 is 19.5 Å². The van der Waals surface area contributed by atoms with Crippen LogP contribution in [0.4, 0.5) is 5.69 Å². The number of carbonyl (C=O) groups excluding carboxylic acids is 3. The molecule has 33 heavy (non-hydrogen) atoms. The minimum absolute atomic E-state index is 0.00987. The van der Waals surface area contributed by atoms with Crippen molar-refractivity contribution in [2.45, 2.75) is 55.7 Å². The van der Waals surface area contributed by atoms with Crippen LogP contribution in [0.15, 0.2) is 24.3 Å². The summed E-state index contributed by atoms with van der Waals surface area (Å²) in [5.41, 5.74) is 0.480. The predicted octanol–water partition coefficient (Wildman–Crippen LogP) is 2.77. The van der Waals surface area contributed by atoms with Gasteiger partial charge in [0.2, 0.25) is 17.7 Å². The number of nitrogens with one attached hydrogen (secondary N) is 2. The molecule has 3 aliphatic heterocycles. The maximum atomic E-state index is 14.0. The van der Waals surface area contributed by atoms with E-state index in [-0.39, 0.29) is 41.4 Å². The highest BCUT2D eigenvalue weighted by atomic mass is 35.5. The van der Waals surface area contributed by atoms with Crippen molar-refractivity contribution in [3.05, 3.63) is 29.3 Å². The van der Waals surface area contributed by atoms with Crippen LogP contribution >= 0.6 is 23.4 Å². The van der Waals surface area contributed by atoms with Gasteiger partial charge in [-0.05, 0) is 36.8 Å². The fourth-order valence-electron chi connectivity index (χ4n) is 6.20. The SMILES string of the molecule is CNC(=O)[C@@H]1[C@H]2C(=O)N([C@@H](CO)CC(C)C)C(C(=O)Nc3ccccc3Cl)C23S[C@@H]1CC3C. The van der Waals surface area contributed by atoms with Crippen molar-refractivity contribution in [2.24, 2.45) is 23.7 Å². The van der Waals surface area contributed by atoms with Gasteiger partial charge in [-0.3, -0.25) is 14.4 Å². The zero-order valence-electron chi connectivity index (χ0n) is 19.4. The van der Waals surface area contributed by atoms with E-state index >= 15 is 0 Å². The highest BCUT2D eigenvalue weighted by molar-refractivity contribution is 8.02. The second kappa shape index (κ2) is 9.12. The zero-order chi connectivity index (χ0) is 24.1. The van der Waals surface area contributed by atoms with E-state index in [0.29, 0.717) is 17.1 Å². The number of hydrogen-bond donors (Lipinski definition) is 3. The summed E-state index contributed by atoms with van der Waals surface area (Å²) < 4.78 is -0.728. The number of hydrogen-bond acceptors (Lipinski definition) is 5. The summed E-state index contributed by atoms with van der Waals surface area (Å²) in [7, 11) is 1.59. The summed E-state index contributed by atoms with van der Waals surface area (Å²) in [6, 6.07) is 5.69. The standard InChI is InChI=1S/C24H32ClN3O4S/c1-12(2)9-14(11-29)28-20(22(31)27-16-8-6-5-7-15(16)25)24-13(3)10-17(33-24)18(21(30)26-4)19(24)23(28)32/h5-8,12-14,17-20,29H,9-11H2,1-4H3,(H,26,30)(H,27,31)/t13?,14-,17-,18+,19+,20?,24?/m1/s1. The molecule has 3 N–H and O–H groups in total. The number of thioether (sulfide) groups is 1. The van der Waals surface area contributed by atoms with Crippen molar-refractivity contribution in [2.75, 3.05) is 19.0 Å². The number of para-hydroxylation sites is 1. The first-order valence-corrected chi connectivity index (χ1v) is 12.8. The Morgan fingerprint density at radius 1 is 1.30 bits per heavy atom. The summed E-state index contributed by atoms with van der Waals surface area (Å²) in [4.78, 5) is 42.3. The van der Waals surface area contributed by atoms with E-state index in [4.69, 9.17) is 11.6 Å². The maximum Gasteiger partial charge on any atom is 0.248 e. The van der Waals surface area contributed by atoms with E-state index in [2.05, 4.69) is 17.6 Å². The predicted molar refractivity (Wildman–Crippen MR) is 130 cm³/mol. The van der Waals surface area contributed by atoms with Gasteiger partial charge in [0.15, 0.2) is 0 Å². The number of benzene rings is 1. The number of fused-ring (bicyclic) bond motifs is 1. The molecular weight excluding hydrogens is 462 g/mol. The Morgan fingerprint density at radius 2 is 2.00 bits per heavy atom. The smallest absolute Gasteiger partial charge is 0.248 e. The van der Waals surface area contributed by atoms with E-state index in [1.165, 1.54) is 0 Å². The topological polar surface area (TPSA) is 98.7 Å². The Kier molecular flexibility index (Phi) is 6.73. The van der Waals surface area contributed by atoms with Crippen molar-refractivity contribution in [3.8, 4) is 0 Å². The van der Waals surface area contributed by atoms with Crippen LogP contribution in [0.2, 0.25) is 5.02 Å². The summed E-state index contributed by atoms with van der Waals surface area (Å²) in [5, 5.41) is 16.3. The minimum atomic E-state index is -0.804. The number of likely N-dealkylation sites (tertiary alicyclic amines) is 1. The molecule has 9 heteroatoms. The van der Waals surface area contributed by atoms with Crippen LogP contribution in [-0.2, 0) is 14.4 Å². The normalized spacial score (nSPS) is 33.4. The second-order valence-corrected chi connectivity index (χ2v) is 11.8. The van der Waals surface area contributed by atoms with Gasteiger partial charge in [0, 0.05) is 12.3 Å². The first-order valence-electron chi connectivity index (χ1n) is 11.5. The molecule has 1 aromatic carbocycles. The average molecular weight is 494 g/mol. The largest absolute Gasteiger partial charge is 0.394 e. The van der Waals surface area contributed by atoms with E-state index in [9.17, 15) is 19.5 Å². The first-order chi connectivity index (χ1) is 15.7. The van der Waals surface area contributed by atoms with Gasteiger partial charge in [0.1, 0.15) is 6.04 Å². The van der Waals surface area contributed by atoms with Crippen molar-refractivity contribution in [1.82, 2.24) is 10.2 Å². The lowest BCUT2D eigenvalue weighted by atomic mass is 9.66. The third-order valence-corrected chi connectivity index (χ3v) is 9.87. The Morgan fingerprint density at radius 3 is 2.61 bits per heavy atom. The number of carbonyl (C=O) groups is 3. The van der Waals surface area contributed by atoms with Crippen molar-refractivity contribution >= 4 is 46.8 Å². The molecule has 3 unspecified atom stereocenters. The second-order valence-electron chi connectivity index (χ2n) is 9.85. The highest BCUT2D eigenvalue weighted by Crippen LogP contribution is 2.68. The number of nitrogens with zero attached hydrogens (tertiary/aromatic N) is 1. The number of amides is 3. The lowest BCUT2D eigenvalue weighted by Crippen LogP contribution is -2.57. The third kappa shape index (κ3) is 3.74. The van der Waals surface area contributed by atoms with Crippen molar-refractivity contribution in [3.63, 3.8) is 0 Å². The Labute approximate surface area is 204 Å².